The van der Waals surface area contributed by atoms with Crippen molar-refractivity contribution in [2.45, 2.75) is 39.2 Å². The second-order valence-corrected chi connectivity index (χ2v) is 9.46. The van der Waals surface area contributed by atoms with E-state index in [1.165, 1.54) is 16.8 Å². The highest BCUT2D eigenvalue weighted by Crippen LogP contribution is 2.27. The summed E-state index contributed by atoms with van der Waals surface area (Å²) < 4.78 is 5.49. The zero-order valence-electron chi connectivity index (χ0n) is 19.9. The van der Waals surface area contributed by atoms with Crippen molar-refractivity contribution in [3.63, 3.8) is 0 Å². The molecule has 2 aliphatic rings. The molecule has 0 aliphatic carbocycles. The van der Waals surface area contributed by atoms with E-state index in [2.05, 4.69) is 56.4 Å². The summed E-state index contributed by atoms with van der Waals surface area (Å²) in [6.07, 6.45) is 4.01. The minimum absolute atomic E-state index is 0.0146. The van der Waals surface area contributed by atoms with E-state index in [4.69, 9.17) is 4.52 Å². The lowest BCUT2D eigenvalue weighted by atomic mass is 9.97. The third-order valence-corrected chi connectivity index (χ3v) is 6.90. The summed E-state index contributed by atoms with van der Waals surface area (Å²) in [7, 11) is 0. The Bertz CT molecular complexity index is 1110. The maximum atomic E-state index is 12.8. The smallest absolute Gasteiger partial charge is 0.241 e. The van der Waals surface area contributed by atoms with E-state index < -0.39 is 0 Å². The van der Waals surface area contributed by atoms with Gasteiger partial charge in [0.2, 0.25) is 17.6 Å². The first-order valence-electron chi connectivity index (χ1n) is 12.4. The Morgan fingerprint density at radius 1 is 1.15 bits per heavy atom. The number of amides is 1. The van der Waals surface area contributed by atoms with E-state index in [1.54, 1.807) is 0 Å². The van der Waals surface area contributed by atoms with Crippen molar-refractivity contribution in [3.05, 3.63) is 65.5 Å². The van der Waals surface area contributed by atoms with Crippen LogP contribution in [0.5, 0.6) is 0 Å². The van der Waals surface area contributed by atoms with Crippen LogP contribution < -0.4 is 10.2 Å². The van der Waals surface area contributed by atoms with Crippen LogP contribution in [0.15, 0.2) is 53.1 Å². The molecule has 1 fully saturated rings. The van der Waals surface area contributed by atoms with Crippen molar-refractivity contribution in [1.82, 2.24) is 20.4 Å². The van der Waals surface area contributed by atoms with Gasteiger partial charge in [0.05, 0.1) is 12.5 Å². The Morgan fingerprint density at radius 3 is 2.88 bits per heavy atom. The molecule has 2 aliphatic heterocycles. The monoisotopic (exact) mass is 459 g/mol. The Balaban J connectivity index is 1.07. The van der Waals surface area contributed by atoms with Crippen molar-refractivity contribution in [3.8, 4) is 11.4 Å². The minimum atomic E-state index is 0.0146. The molecule has 1 aromatic heterocycles. The van der Waals surface area contributed by atoms with Crippen LogP contribution in [-0.2, 0) is 17.8 Å². The van der Waals surface area contributed by atoms with E-state index in [-0.39, 0.29) is 11.8 Å². The number of carbonyl (C=O) groups is 1. The van der Waals surface area contributed by atoms with Crippen LogP contribution in [0.4, 0.5) is 5.69 Å². The van der Waals surface area contributed by atoms with Gasteiger partial charge >= 0.3 is 0 Å². The number of nitrogens with zero attached hydrogens (tertiary/aromatic N) is 4. The number of hydrogen-bond donors (Lipinski definition) is 1. The number of likely N-dealkylation sites (tertiary alicyclic amines) is 1. The number of nitrogens with one attached hydrogen (secondary N) is 1. The number of fused-ring (bicyclic) bond motifs is 1. The number of rotatable bonds is 8. The summed E-state index contributed by atoms with van der Waals surface area (Å²) in [6, 6.07) is 16.7. The van der Waals surface area contributed by atoms with Crippen LogP contribution in [0.1, 0.15) is 36.3 Å². The van der Waals surface area contributed by atoms with Gasteiger partial charge in [-0.3, -0.25) is 9.69 Å². The quantitative estimate of drug-likeness (QED) is 0.516. The van der Waals surface area contributed by atoms with Gasteiger partial charge in [-0.2, -0.15) is 4.98 Å². The molecule has 34 heavy (non-hydrogen) atoms. The minimum Gasteiger partial charge on any atom is -0.371 e. The first-order chi connectivity index (χ1) is 16.7. The molecular formula is C27H33N5O2. The molecule has 178 valence electrons. The molecule has 2 aromatic carbocycles. The lowest BCUT2D eigenvalue weighted by Gasteiger charge is -2.31. The number of para-hydroxylation sites is 1. The second kappa shape index (κ2) is 10.4. The number of anilines is 1. The number of piperidine rings is 1. The van der Waals surface area contributed by atoms with Crippen LogP contribution in [0, 0.1) is 12.8 Å². The summed E-state index contributed by atoms with van der Waals surface area (Å²) in [5.41, 5.74) is 4.93. The predicted molar refractivity (Wildman–Crippen MR) is 132 cm³/mol. The molecule has 7 nitrogen and oxygen atoms in total. The third-order valence-electron chi connectivity index (χ3n) is 6.90. The molecule has 1 amide bonds. The lowest BCUT2D eigenvalue weighted by molar-refractivity contribution is -0.126. The van der Waals surface area contributed by atoms with Gasteiger partial charge in [-0.1, -0.05) is 53.2 Å². The van der Waals surface area contributed by atoms with Crippen LogP contribution in [0.25, 0.3) is 11.4 Å². The van der Waals surface area contributed by atoms with Crippen LogP contribution >= 0.6 is 0 Å². The average molecular weight is 460 g/mol. The zero-order chi connectivity index (χ0) is 23.3. The molecule has 3 aromatic rings. The SMILES string of the molecule is Cc1ccc(-c2noc(CN3CCCC(C(=O)NCCCN4CCc5ccccc54)C3)n2)cc1. The molecule has 5 rings (SSSR count). The molecule has 0 saturated carbocycles. The van der Waals surface area contributed by atoms with Crippen molar-refractivity contribution in [2.24, 2.45) is 5.92 Å². The molecule has 0 radical (unpaired) electrons. The van der Waals surface area contributed by atoms with E-state index in [1.807, 2.05) is 24.3 Å². The molecule has 0 spiro atoms. The Labute approximate surface area is 201 Å². The first kappa shape index (κ1) is 22.6. The highest BCUT2D eigenvalue weighted by Gasteiger charge is 2.27. The van der Waals surface area contributed by atoms with Crippen molar-refractivity contribution < 1.29 is 9.32 Å². The van der Waals surface area contributed by atoms with Crippen molar-refractivity contribution in [1.29, 1.82) is 0 Å². The summed E-state index contributed by atoms with van der Waals surface area (Å²) in [6.45, 7) is 7.09. The van der Waals surface area contributed by atoms with Gasteiger partial charge in [0.1, 0.15) is 0 Å². The van der Waals surface area contributed by atoms with Gasteiger partial charge in [0.15, 0.2) is 0 Å². The zero-order valence-corrected chi connectivity index (χ0v) is 19.9. The molecule has 1 unspecified atom stereocenters. The Hall–Kier alpha value is -3.19. The van der Waals surface area contributed by atoms with Gasteiger partial charge < -0.3 is 14.7 Å². The normalized spacial score (nSPS) is 18.1. The average Bonchev–Trinajstić information content (AvgIpc) is 3.50. The van der Waals surface area contributed by atoms with Crippen LogP contribution in [0.3, 0.4) is 0 Å². The highest BCUT2D eigenvalue weighted by molar-refractivity contribution is 5.78. The van der Waals surface area contributed by atoms with E-state index in [0.717, 1.165) is 64.0 Å². The van der Waals surface area contributed by atoms with Gasteiger partial charge in [-0.05, 0) is 50.8 Å². The highest BCUT2D eigenvalue weighted by atomic mass is 16.5. The molecule has 7 heteroatoms. The van der Waals surface area contributed by atoms with E-state index >= 15 is 0 Å². The number of hydrogen-bond acceptors (Lipinski definition) is 6. The standard InChI is InChI=1S/C27H33N5O2/c1-20-9-11-22(12-10-20)26-29-25(34-30-26)19-31-15-4-7-23(18-31)27(33)28-14-5-16-32-17-13-21-6-2-3-8-24(21)32/h2-3,6,8-12,23H,4-5,7,13-19H2,1H3,(H,28,33). The number of carbonyl (C=O) groups excluding carboxylic acids is 1. The molecule has 1 N–H and O–H groups in total. The molecular weight excluding hydrogens is 426 g/mol. The van der Waals surface area contributed by atoms with E-state index in [0.29, 0.717) is 18.3 Å². The van der Waals surface area contributed by atoms with E-state index in [9.17, 15) is 4.79 Å². The van der Waals surface area contributed by atoms with Gasteiger partial charge in [-0.15, -0.1) is 0 Å². The van der Waals surface area contributed by atoms with Gasteiger partial charge in [0, 0.05) is 37.4 Å². The molecule has 3 heterocycles. The lowest BCUT2D eigenvalue weighted by Crippen LogP contribution is -2.43. The third kappa shape index (κ3) is 5.30. The summed E-state index contributed by atoms with van der Waals surface area (Å²) in [4.78, 5) is 22.0. The van der Waals surface area contributed by atoms with Crippen LogP contribution in [0.2, 0.25) is 0 Å². The summed E-state index contributed by atoms with van der Waals surface area (Å²) in [5.74, 6) is 1.39. The topological polar surface area (TPSA) is 74.5 Å². The molecule has 1 saturated heterocycles. The summed E-state index contributed by atoms with van der Waals surface area (Å²) in [5, 5.41) is 7.31. The Kier molecular flexibility index (Phi) is 6.90. The van der Waals surface area contributed by atoms with Crippen molar-refractivity contribution >= 4 is 11.6 Å². The fourth-order valence-corrected chi connectivity index (χ4v) is 5.01. The number of benzene rings is 2. The first-order valence-corrected chi connectivity index (χ1v) is 12.4. The fourth-order valence-electron chi connectivity index (χ4n) is 5.01. The molecule has 0 bridgehead atoms. The predicted octanol–water partition coefficient (Wildman–Crippen LogP) is 3.83. The van der Waals surface area contributed by atoms with Gasteiger partial charge in [0.25, 0.3) is 0 Å². The van der Waals surface area contributed by atoms with Crippen molar-refractivity contribution in [2.75, 3.05) is 37.6 Å². The number of aryl methyl sites for hydroxylation is 1. The maximum Gasteiger partial charge on any atom is 0.241 e. The van der Waals surface area contributed by atoms with Gasteiger partial charge in [-0.25, -0.2) is 0 Å². The number of aromatic nitrogens is 2. The molecule has 1 atom stereocenters. The van der Waals surface area contributed by atoms with Crippen LogP contribution in [-0.4, -0.2) is 53.7 Å². The maximum absolute atomic E-state index is 12.8. The largest absolute Gasteiger partial charge is 0.371 e. The summed E-state index contributed by atoms with van der Waals surface area (Å²) >= 11 is 0. The second-order valence-electron chi connectivity index (χ2n) is 9.46. The Morgan fingerprint density at radius 2 is 2.00 bits per heavy atom. The fraction of sp³-hybridized carbons (Fsp3) is 0.444.